The molecule has 16 heavy (non-hydrogen) atoms. The molecular weight excluding hydrogens is 222 g/mol. The molecule has 0 aliphatic carbocycles. The Kier molecular flexibility index (Phi) is 3.34. The summed E-state index contributed by atoms with van der Waals surface area (Å²) in [6.07, 6.45) is 4.77. The zero-order chi connectivity index (χ0) is 11.5. The molecule has 2 rings (SSSR count). The van der Waals surface area contributed by atoms with Gasteiger partial charge in [-0.1, -0.05) is 6.07 Å². The minimum Gasteiger partial charge on any atom is -0.361 e. The topological polar surface area (TPSA) is 20.5 Å². The van der Waals surface area contributed by atoms with Crippen LogP contribution in [0.15, 0.2) is 30.6 Å². The van der Waals surface area contributed by atoms with Crippen molar-refractivity contribution in [3.63, 3.8) is 0 Å². The van der Waals surface area contributed by atoms with Gasteiger partial charge in [0.15, 0.2) is 0 Å². The maximum atomic E-state index is 5.96. The van der Waals surface area contributed by atoms with Crippen molar-refractivity contribution < 1.29 is 0 Å². The van der Waals surface area contributed by atoms with Crippen molar-refractivity contribution in [1.82, 2.24) is 9.38 Å². The van der Waals surface area contributed by atoms with Crippen molar-refractivity contribution in [3.8, 4) is 0 Å². The smallest absolute Gasteiger partial charge is 0.138 e. The van der Waals surface area contributed by atoms with E-state index >= 15 is 0 Å². The molecule has 0 spiro atoms. The van der Waals surface area contributed by atoms with Gasteiger partial charge in [0.1, 0.15) is 11.5 Å². The Labute approximate surface area is 101 Å². The first-order valence-electron chi connectivity index (χ1n) is 5.46. The lowest BCUT2D eigenvalue weighted by Gasteiger charge is -2.21. The summed E-state index contributed by atoms with van der Waals surface area (Å²) < 4.78 is 2.08. The van der Waals surface area contributed by atoms with E-state index in [-0.39, 0.29) is 5.38 Å². The van der Waals surface area contributed by atoms with Crippen molar-refractivity contribution in [2.75, 3.05) is 18.5 Å². The zero-order valence-corrected chi connectivity index (χ0v) is 10.4. The zero-order valence-electron chi connectivity index (χ0n) is 9.60. The van der Waals surface area contributed by atoms with Crippen LogP contribution in [-0.2, 0) is 0 Å². The summed E-state index contributed by atoms with van der Waals surface area (Å²) in [7, 11) is 2.08. The molecule has 0 aromatic carbocycles. The van der Waals surface area contributed by atoms with E-state index in [4.69, 9.17) is 11.6 Å². The Balaban J connectivity index is 2.22. The highest BCUT2D eigenvalue weighted by Crippen LogP contribution is 2.15. The first-order chi connectivity index (χ1) is 7.68. The molecule has 0 amide bonds. The Bertz CT molecular complexity index is 464. The number of pyridine rings is 1. The van der Waals surface area contributed by atoms with Gasteiger partial charge in [0.05, 0.1) is 0 Å². The highest BCUT2D eigenvalue weighted by atomic mass is 35.5. The van der Waals surface area contributed by atoms with Gasteiger partial charge in [0.2, 0.25) is 0 Å². The van der Waals surface area contributed by atoms with Crippen molar-refractivity contribution in [1.29, 1.82) is 0 Å². The Hall–Kier alpha value is -1.22. The fraction of sp³-hybridized carbons (Fsp3) is 0.417. The van der Waals surface area contributed by atoms with E-state index in [1.165, 1.54) is 0 Å². The molecular formula is C12H16ClN3. The molecule has 0 saturated heterocycles. The molecule has 86 valence electrons. The second kappa shape index (κ2) is 4.74. The summed E-state index contributed by atoms with van der Waals surface area (Å²) in [5.74, 6) is 1.15. The molecule has 0 radical (unpaired) electrons. The van der Waals surface area contributed by atoms with E-state index in [0.717, 1.165) is 24.4 Å². The van der Waals surface area contributed by atoms with E-state index in [0.29, 0.717) is 0 Å². The number of nitrogens with zero attached hydrogens (tertiary/aromatic N) is 3. The van der Waals surface area contributed by atoms with Crippen molar-refractivity contribution in [2.24, 2.45) is 0 Å². The third-order valence-electron chi connectivity index (χ3n) is 2.66. The van der Waals surface area contributed by atoms with Crippen LogP contribution in [0.4, 0.5) is 5.82 Å². The normalized spacial score (nSPS) is 12.9. The first-order valence-corrected chi connectivity index (χ1v) is 5.89. The van der Waals surface area contributed by atoms with Gasteiger partial charge in [-0.05, 0) is 25.5 Å². The standard InChI is InChI=1S/C12H16ClN3/c1-10(13)6-8-15(2)12-5-3-4-11-14-7-9-16(11)12/h3-5,7,9-10H,6,8H2,1-2H3. The molecule has 0 N–H and O–H groups in total. The summed E-state index contributed by atoms with van der Waals surface area (Å²) in [5, 5.41) is 0.212. The minimum atomic E-state index is 0.212. The van der Waals surface area contributed by atoms with E-state index in [2.05, 4.69) is 27.4 Å². The van der Waals surface area contributed by atoms with Gasteiger partial charge in [-0.25, -0.2) is 4.98 Å². The molecule has 2 heterocycles. The lowest BCUT2D eigenvalue weighted by atomic mass is 10.3. The number of aromatic nitrogens is 2. The molecule has 0 bridgehead atoms. The summed E-state index contributed by atoms with van der Waals surface area (Å²) >= 11 is 5.96. The average molecular weight is 238 g/mol. The molecule has 2 aromatic rings. The number of hydrogen-bond donors (Lipinski definition) is 0. The fourth-order valence-electron chi connectivity index (χ4n) is 1.73. The predicted octanol–water partition coefficient (Wildman–Crippen LogP) is 2.79. The molecule has 1 atom stereocenters. The number of fused-ring (bicyclic) bond motifs is 1. The molecule has 0 aliphatic heterocycles. The third-order valence-corrected chi connectivity index (χ3v) is 2.88. The average Bonchev–Trinajstić information content (AvgIpc) is 2.73. The van der Waals surface area contributed by atoms with Crippen LogP contribution in [0, 0.1) is 0 Å². The SMILES string of the molecule is CC(Cl)CCN(C)c1cccc2nccn12. The summed E-state index contributed by atoms with van der Waals surface area (Å²) in [6.45, 7) is 2.97. The quantitative estimate of drug-likeness (QED) is 0.763. The predicted molar refractivity (Wildman–Crippen MR) is 68.4 cm³/mol. The van der Waals surface area contributed by atoms with Crippen LogP contribution in [-0.4, -0.2) is 28.4 Å². The van der Waals surface area contributed by atoms with Gasteiger partial charge >= 0.3 is 0 Å². The maximum absolute atomic E-state index is 5.96. The second-order valence-corrected chi connectivity index (χ2v) is 4.78. The molecule has 1 unspecified atom stereocenters. The van der Waals surface area contributed by atoms with Crippen molar-refractivity contribution >= 4 is 23.1 Å². The molecule has 0 saturated carbocycles. The second-order valence-electron chi connectivity index (χ2n) is 4.03. The number of rotatable bonds is 4. The van der Waals surface area contributed by atoms with E-state index < -0.39 is 0 Å². The molecule has 0 aliphatic rings. The van der Waals surface area contributed by atoms with E-state index in [1.54, 1.807) is 0 Å². The van der Waals surface area contributed by atoms with Gasteiger partial charge in [0.25, 0.3) is 0 Å². The Morgan fingerprint density at radius 1 is 1.50 bits per heavy atom. The first kappa shape index (κ1) is 11.3. The lowest BCUT2D eigenvalue weighted by Crippen LogP contribution is -2.22. The number of hydrogen-bond acceptors (Lipinski definition) is 2. The Morgan fingerprint density at radius 3 is 3.06 bits per heavy atom. The van der Waals surface area contributed by atoms with Crippen LogP contribution in [0.2, 0.25) is 0 Å². The summed E-state index contributed by atoms with van der Waals surface area (Å²) in [4.78, 5) is 6.47. The maximum Gasteiger partial charge on any atom is 0.138 e. The van der Waals surface area contributed by atoms with Crippen molar-refractivity contribution in [3.05, 3.63) is 30.6 Å². The number of alkyl halides is 1. The van der Waals surface area contributed by atoms with Crippen LogP contribution in [0.1, 0.15) is 13.3 Å². The van der Waals surface area contributed by atoms with Gasteiger partial charge < -0.3 is 4.90 Å². The Morgan fingerprint density at radius 2 is 2.31 bits per heavy atom. The largest absolute Gasteiger partial charge is 0.361 e. The number of halogens is 1. The van der Waals surface area contributed by atoms with Crippen LogP contribution >= 0.6 is 11.6 Å². The van der Waals surface area contributed by atoms with Gasteiger partial charge in [-0.2, -0.15) is 0 Å². The molecule has 3 nitrogen and oxygen atoms in total. The van der Waals surface area contributed by atoms with Crippen molar-refractivity contribution in [2.45, 2.75) is 18.7 Å². The molecule has 0 fully saturated rings. The lowest BCUT2D eigenvalue weighted by molar-refractivity contribution is 0.762. The number of anilines is 1. The minimum absolute atomic E-state index is 0.212. The fourth-order valence-corrected chi connectivity index (χ4v) is 1.83. The van der Waals surface area contributed by atoms with Gasteiger partial charge in [-0.15, -0.1) is 11.6 Å². The van der Waals surface area contributed by atoms with Crippen LogP contribution in [0.3, 0.4) is 0 Å². The molecule has 2 aromatic heterocycles. The van der Waals surface area contributed by atoms with Gasteiger partial charge in [-0.3, -0.25) is 4.40 Å². The van der Waals surface area contributed by atoms with Gasteiger partial charge in [0, 0.05) is 31.4 Å². The number of imidazole rings is 1. The third kappa shape index (κ3) is 2.30. The highest BCUT2D eigenvalue weighted by Gasteiger charge is 2.06. The summed E-state index contributed by atoms with van der Waals surface area (Å²) in [5.41, 5.74) is 0.975. The molecule has 4 heteroatoms. The van der Waals surface area contributed by atoms with Crippen LogP contribution < -0.4 is 4.90 Å². The highest BCUT2D eigenvalue weighted by molar-refractivity contribution is 6.20. The van der Waals surface area contributed by atoms with E-state index in [9.17, 15) is 0 Å². The van der Waals surface area contributed by atoms with Crippen LogP contribution in [0.5, 0.6) is 0 Å². The summed E-state index contributed by atoms with van der Waals surface area (Å²) in [6, 6.07) is 6.12. The van der Waals surface area contributed by atoms with E-state index in [1.807, 2.05) is 31.5 Å². The van der Waals surface area contributed by atoms with Crippen LogP contribution in [0.25, 0.3) is 5.65 Å². The monoisotopic (exact) mass is 237 g/mol.